The van der Waals surface area contributed by atoms with E-state index < -0.39 is 5.82 Å². The summed E-state index contributed by atoms with van der Waals surface area (Å²) in [5, 5.41) is 9.00. The molecule has 0 radical (unpaired) electrons. The monoisotopic (exact) mass is 296 g/mol. The van der Waals surface area contributed by atoms with Gasteiger partial charge in [-0.15, -0.1) is 0 Å². The summed E-state index contributed by atoms with van der Waals surface area (Å²) in [6.45, 7) is 1.78. The quantitative estimate of drug-likeness (QED) is 0.672. The maximum Gasteiger partial charge on any atom is 0.215 e. The highest BCUT2D eigenvalue weighted by molar-refractivity contribution is 6.29. The third kappa shape index (κ3) is 3.18. The second-order valence-corrected chi connectivity index (χ2v) is 4.66. The Morgan fingerprint density at radius 2 is 2.10 bits per heavy atom. The first-order chi connectivity index (χ1) is 9.51. The van der Waals surface area contributed by atoms with Gasteiger partial charge in [-0.05, 0) is 41.8 Å². The fourth-order valence-corrected chi connectivity index (χ4v) is 2.05. The Labute approximate surface area is 121 Å². The van der Waals surface area contributed by atoms with Crippen molar-refractivity contribution >= 4 is 17.3 Å². The number of ether oxygens (including phenoxy) is 1. The van der Waals surface area contributed by atoms with Crippen LogP contribution in [0.15, 0.2) is 24.3 Å². The minimum absolute atomic E-state index is 0.0661. The first-order valence-electron chi connectivity index (χ1n) is 5.98. The van der Waals surface area contributed by atoms with E-state index in [4.69, 9.17) is 27.2 Å². The first kappa shape index (κ1) is 14.6. The normalized spacial score (nSPS) is 10.6. The molecule has 0 aliphatic carbocycles. The van der Waals surface area contributed by atoms with Crippen LogP contribution >= 0.6 is 11.6 Å². The number of aromatic nitrogens is 1. The highest BCUT2D eigenvalue weighted by Gasteiger charge is 2.10. The molecule has 0 aliphatic rings. The third-order valence-electron chi connectivity index (χ3n) is 2.77. The summed E-state index contributed by atoms with van der Waals surface area (Å²) in [4.78, 5) is 3.99. The molecular formula is C14H14ClFN2O2. The SMILES string of the molecule is Cc1cc(F)c(N)cc1-c1cc(Cl)nc(OCCO)c1. The van der Waals surface area contributed by atoms with Gasteiger partial charge in [0.05, 0.1) is 12.3 Å². The number of benzene rings is 1. The lowest BCUT2D eigenvalue weighted by atomic mass is 10.0. The summed E-state index contributed by atoms with van der Waals surface area (Å²) in [7, 11) is 0. The molecular weight excluding hydrogens is 283 g/mol. The van der Waals surface area contributed by atoms with E-state index in [9.17, 15) is 4.39 Å². The average molecular weight is 297 g/mol. The van der Waals surface area contributed by atoms with Crippen LogP contribution < -0.4 is 10.5 Å². The highest BCUT2D eigenvalue weighted by Crippen LogP contribution is 2.31. The molecule has 1 heterocycles. The molecule has 6 heteroatoms. The van der Waals surface area contributed by atoms with Crippen molar-refractivity contribution < 1.29 is 14.2 Å². The van der Waals surface area contributed by atoms with Crippen molar-refractivity contribution in [1.82, 2.24) is 4.98 Å². The lowest BCUT2D eigenvalue weighted by molar-refractivity contribution is 0.197. The fraction of sp³-hybridized carbons (Fsp3) is 0.214. The maximum absolute atomic E-state index is 13.4. The fourth-order valence-electron chi connectivity index (χ4n) is 1.85. The first-order valence-corrected chi connectivity index (χ1v) is 6.36. The van der Waals surface area contributed by atoms with Gasteiger partial charge in [0.2, 0.25) is 5.88 Å². The number of aliphatic hydroxyl groups excluding tert-OH is 1. The zero-order valence-corrected chi connectivity index (χ0v) is 11.6. The number of aryl methyl sites for hydroxylation is 1. The minimum atomic E-state index is -0.455. The van der Waals surface area contributed by atoms with Gasteiger partial charge in [0.15, 0.2) is 0 Å². The summed E-state index contributed by atoms with van der Waals surface area (Å²) in [6.07, 6.45) is 0. The topological polar surface area (TPSA) is 68.4 Å². The van der Waals surface area contributed by atoms with Gasteiger partial charge in [-0.25, -0.2) is 9.37 Å². The predicted molar refractivity (Wildman–Crippen MR) is 76.4 cm³/mol. The molecule has 0 aliphatic heterocycles. The standard InChI is InChI=1S/C14H14ClFN2O2/c1-8-4-11(16)12(17)7-10(8)9-5-13(15)18-14(6-9)20-3-2-19/h4-7,19H,2-3,17H2,1H3. The Balaban J connectivity index is 2.47. The highest BCUT2D eigenvalue weighted by atomic mass is 35.5. The smallest absolute Gasteiger partial charge is 0.215 e. The van der Waals surface area contributed by atoms with Gasteiger partial charge in [0.1, 0.15) is 17.6 Å². The van der Waals surface area contributed by atoms with Gasteiger partial charge >= 0.3 is 0 Å². The molecule has 4 nitrogen and oxygen atoms in total. The second kappa shape index (κ2) is 6.07. The van der Waals surface area contributed by atoms with E-state index in [-0.39, 0.29) is 24.1 Å². The van der Waals surface area contributed by atoms with E-state index in [1.54, 1.807) is 25.1 Å². The van der Waals surface area contributed by atoms with E-state index in [2.05, 4.69) is 4.98 Å². The van der Waals surface area contributed by atoms with Gasteiger partial charge in [-0.2, -0.15) is 0 Å². The maximum atomic E-state index is 13.4. The summed E-state index contributed by atoms with van der Waals surface area (Å²) in [5.41, 5.74) is 7.87. The average Bonchev–Trinajstić information content (AvgIpc) is 2.40. The number of anilines is 1. The van der Waals surface area contributed by atoms with Crippen LogP contribution in [-0.2, 0) is 0 Å². The Morgan fingerprint density at radius 1 is 1.35 bits per heavy atom. The van der Waals surface area contributed by atoms with E-state index in [0.717, 1.165) is 16.7 Å². The Morgan fingerprint density at radius 3 is 2.80 bits per heavy atom. The van der Waals surface area contributed by atoms with Crippen LogP contribution in [0.3, 0.4) is 0 Å². The molecule has 1 aromatic heterocycles. The lowest BCUT2D eigenvalue weighted by Gasteiger charge is -2.11. The van der Waals surface area contributed by atoms with E-state index in [0.29, 0.717) is 5.88 Å². The molecule has 0 saturated carbocycles. The van der Waals surface area contributed by atoms with Crippen molar-refractivity contribution in [2.24, 2.45) is 0 Å². The number of nitrogen functional groups attached to an aromatic ring is 1. The van der Waals surface area contributed by atoms with Gasteiger partial charge in [-0.3, -0.25) is 0 Å². The number of nitrogens with two attached hydrogens (primary N) is 1. The number of pyridine rings is 1. The van der Waals surface area contributed by atoms with E-state index >= 15 is 0 Å². The van der Waals surface area contributed by atoms with Crippen LogP contribution in [0.25, 0.3) is 11.1 Å². The number of halogens is 2. The van der Waals surface area contributed by atoms with Crippen molar-refractivity contribution in [2.45, 2.75) is 6.92 Å². The largest absolute Gasteiger partial charge is 0.475 e. The minimum Gasteiger partial charge on any atom is -0.475 e. The molecule has 0 bridgehead atoms. The van der Waals surface area contributed by atoms with E-state index in [1.807, 2.05) is 0 Å². The van der Waals surface area contributed by atoms with Gasteiger partial charge in [0.25, 0.3) is 0 Å². The zero-order valence-electron chi connectivity index (χ0n) is 10.9. The summed E-state index contributed by atoms with van der Waals surface area (Å²) in [6, 6.07) is 6.23. The Kier molecular flexibility index (Phi) is 4.42. The van der Waals surface area contributed by atoms with Crippen molar-refractivity contribution in [3.05, 3.63) is 40.8 Å². The Bertz CT molecular complexity index is 635. The molecule has 0 unspecified atom stereocenters. The van der Waals surface area contributed by atoms with Crippen molar-refractivity contribution in [3.63, 3.8) is 0 Å². The Hall–Kier alpha value is -1.85. The van der Waals surface area contributed by atoms with Crippen LogP contribution in [0, 0.1) is 12.7 Å². The number of rotatable bonds is 4. The van der Waals surface area contributed by atoms with Gasteiger partial charge < -0.3 is 15.6 Å². The lowest BCUT2D eigenvalue weighted by Crippen LogP contribution is -2.03. The molecule has 0 saturated heterocycles. The second-order valence-electron chi connectivity index (χ2n) is 4.28. The molecule has 0 amide bonds. The van der Waals surface area contributed by atoms with Crippen LogP contribution in [0.1, 0.15) is 5.56 Å². The van der Waals surface area contributed by atoms with Gasteiger partial charge in [0, 0.05) is 6.07 Å². The molecule has 106 valence electrons. The predicted octanol–water partition coefficient (Wildman–Crippen LogP) is 2.80. The van der Waals surface area contributed by atoms with E-state index in [1.165, 1.54) is 6.07 Å². The molecule has 1 aromatic carbocycles. The molecule has 20 heavy (non-hydrogen) atoms. The van der Waals surface area contributed by atoms with Crippen molar-refractivity contribution in [1.29, 1.82) is 0 Å². The number of nitrogens with zero attached hydrogens (tertiary/aromatic N) is 1. The summed E-state index contributed by atoms with van der Waals surface area (Å²) >= 11 is 5.94. The van der Waals surface area contributed by atoms with Gasteiger partial charge in [-0.1, -0.05) is 11.6 Å². The molecule has 0 atom stereocenters. The molecule has 3 N–H and O–H groups in total. The summed E-state index contributed by atoms with van der Waals surface area (Å²) in [5.74, 6) is -0.160. The third-order valence-corrected chi connectivity index (χ3v) is 2.96. The zero-order chi connectivity index (χ0) is 14.7. The number of hydrogen-bond acceptors (Lipinski definition) is 4. The molecule has 0 fully saturated rings. The van der Waals surface area contributed by atoms with Crippen molar-refractivity contribution in [3.8, 4) is 17.0 Å². The van der Waals surface area contributed by atoms with Crippen LogP contribution in [0.5, 0.6) is 5.88 Å². The molecule has 0 spiro atoms. The van der Waals surface area contributed by atoms with Crippen LogP contribution in [0.4, 0.5) is 10.1 Å². The molecule has 2 aromatic rings. The number of hydrogen-bond donors (Lipinski definition) is 2. The number of aliphatic hydroxyl groups is 1. The van der Waals surface area contributed by atoms with Crippen molar-refractivity contribution in [2.75, 3.05) is 18.9 Å². The van der Waals surface area contributed by atoms with Crippen LogP contribution in [-0.4, -0.2) is 23.3 Å². The summed E-state index contributed by atoms with van der Waals surface area (Å²) < 4.78 is 18.6. The van der Waals surface area contributed by atoms with Crippen LogP contribution in [0.2, 0.25) is 5.15 Å². The molecule has 2 rings (SSSR count).